The fraction of sp³-hybridized carbons (Fsp3) is 0.0714. The first-order chi connectivity index (χ1) is 10.2. The molecule has 0 atom stereocenters. The van der Waals surface area contributed by atoms with Crippen LogP contribution in [0.5, 0.6) is 5.75 Å². The van der Waals surface area contributed by atoms with Crippen LogP contribution in [0.4, 0.5) is 4.39 Å². The lowest BCUT2D eigenvalue weighted by molar-refractivity contribution is -0.123. The Hall–Kier alpha value is -2.96. The van der Waals surface area contributed by atoms with Gasteiger partial charge in [0.1, 0.15) is 0 Å². The van der Waals surface area contributed by atoms with Crippen LogP contribution in [0.25, 0.3) is 0 Å². The van der Waals surface area contributed by atoms with Crippen LogP contribution < -0.4 is 15.6 Å². The third-order valence-corrected chi connectivity index (χ3v) is 2.43. The van der Waals surface area contributed by atoms with E-state index in [0.717, 1.165) is 0 Å². The van der Waals surface area contributed by atoms with Crippen LogP contribution in [0.2, 0.25) is 0 Å². The molecule has 0 aliphatic heterocycles. The molecule has 108 valence electrons. The number of aromatic nitrogens is 1. The molecule has 0 aliphatic rings. The van der Waals surface area contributed by atoms with Gasteiger partial charge in [0.15, 0.2) is 18.2 Å². The molecular formula is C14H12FN3O3. The Balaban J connectivity index is 1.78. The predicted octanol–water partition coefficient (Wildman–Crippen LogP) is 1.06. The van der Waals surface area contributed by atoms with Gasteiger partial charge in [-0.15, -0.1) is 0 Å². The summed E-state index contributed by atoms with van der Waals surface area (Å²) in [4.78, 5) is 26.9. The van der Waals surface area contributed by atoms with Crippen molar-refractivity contribution in [1.82, 2.24) is 15.8 Å². The topological polar surface area (TPSA) is 80.3 Å². The molecule has 1 aromatic carbocycles. The molecule has 7 heteroatoms. The highest BCUT2D eigenvalue weighted by atomic mass is 19.1. The number of ether oxygens (including phenoxy) is 1. The van der Waals surface area contributed by atoms with E-state index in [0.29, 0.717) is 5.56 Å². The summed E-state index contributed by atoms with van der Waals surface area (Å²) in [6, 6.07) is 8.85. The van der Waals surface area contributed by atoms with Gasteiger partial charge in [-0.25, -0.2) is 4.39 Å². The van der Waals surface area contributed by atoms with Gasteiger partial charge in [0.25, 0.3) is 11.8 Å². The Kier molecular flexibility index (Phi) is 4.81. The molecule has 6 nitrogen and oxygen atoms in total. The molecule has 21 heavy (non-hydrogen) atoms. The van der Waals surface area contributed by atoms with Gasteiger partial charge in [0.2, 0.25) is 0 Å². The van der Waals surface area contributed by atoms with Crippen molar-refractivity contribution in [2.45, 2.75) is 0 Å². The van der Waals surface area contributed by atoms with Crippen molar-refractivity contribution in [3.05, 3.63) is 60.2 Å². The SMILES string of the molecule is O=C(COc1ccccc1F)NNC(=O)c1cccnc1. The van der Waals surface area contributed by atoms with E-state index in [1.807, 2.05) is 0 Å². The number of nitrogens with zero attached hydrogens (tertiary/aromatic N) is 1. The van der Waals surface area contributed by atoms with E-state index in [1.165, 1.54) is 30.6 Å². The summed E-state index contributed by atoms with van der Waals surface area (Å²) >= 11 is 0. The largest absolute Gasteiger partial charge is 0.481 e. The first-order valence-electron chi connectivity index (χ1n) is 6.03. The van der Waals surface area contributed by atoms with Gasteiger partial charge >= 0.3 is 0 Å². The van der Waals surface area contributed by atoms with Gasteiger partial charge in [0, 0.05) is 12.4 Å². The van der Waals surface area contributed by atoms with Crippen molar-refractivity contribution in [2.75, 3.05) is 6.61 Å². The van der Waals surface area contributed by atoms with Crippen molar-refractivity contribution < 1.29 is 18.7 Å². The molecule has 0 saturated heterocycles. The van der Waals surface area contributed by atoms with Crippen LogP contribution in [-0.4, -0.2) is 23.4 Å². The van der Waals surface area contributed by atoms with Crippen LogP contribution in [-0.2, 0) is 4.79 Å². The van der Waals surface area contributed by atoms with Gasteiger partial charge < -0.3 is 4.74 Å². The average molecular weight is 289 g/mol. The minimum atomic E-state index is -0.615. The zero-order valence-corrected chi connectivity index (χ0v) is 10.9. The van der Waals surface area contributed by atoms with Gasteiger partial charge in [-0.2, -0.15) is 0 Å². The van der Waals surface area contributed by atoms with Crippen molar-refractivity contribution in [3.63, 3.8) is 0 Å². The normalized spacial score (nSPS) is 9.76. The summed E-state index contributed by atoms with van der Waals surface area (Å²) in [7, 11) is 0. The van der Waals surface area contributed by atoms with Gasteiger partial charge in [-0.3, -0.25) is 25.4 Å². The second kappa shape index (κ2) is 6.99. The number of carbonyl (C=O) groups is 2. The number of pyridine rings is 1. The molecule has 0 fully saturated rings. The molecule has 0 unspecified atom stereocenters. The molecule has 2 amide bonds. The number of carbonyl (C=O) groups excluding carboxylic acids is 2. The molecule has 0 aliphatic carbocycles. The maximum Gasteiger partial charge on any atom is 0.276 e. The molecule has 0 radical (unpaired) electrons. The first-order valence-corrected chi connectivity index (χ1v) is 6.03. The molecule has 1 heterocycles. The van der Waals surface area contributed by atoms with E-state index in [2.05, 4.69) is 15.8 Å². The predicted molar refractivity (Wildman–Crippen MR) is 71.7 cm³/mol. The first kappa shape index (κ1) is 14.4. The van der Waals surface area contributed by atoms with Crippen LogP contribution in [0, 0.1) is 5.82 Å². The van der Waals surface area contributed by atoms with Gasteiger partial charge in [-0.05, 0) is 24.3 Å². The molecule has 1 aromatic heterocycles. The number of amides is 2. The molecule has 0 saturated carbocycles. The lowest BCUT2D eigenvalue weighted by atomic mass is 10.3. The van der Waals surface area contributed by atoms with Crippen molar-refractivity contribution in [2.24, 2.45) is 0 Å². The van der Waals surface area contributed by atoms with Crippen molar-refractivity contribution >= 4 is 11.8 Å². The van der Waals surface area contributed by atoms with Crippen molar-refractivity contribution in [1.29, 1.82) is 0 Å². The van der Waals surface area contributed by atoms with E-state index < -0.39 is 24.2 Å². The van der Waals surface area contributed by atoms with Crippen LogP contribution in [0.1, 0.15) is 10.4 Å². The van der Waals surface area contributed by atoms with E-state index in [9.17, 15) is 14.0 Å². The second-order valence-corrected chi connectivity index (χ2v) is 3.96. The maximum atomic E-state index is 13.2. The summed E-state index contributed by atoms with van der Waals surface area (Å²) in [6.07, 6.45) is 2.88. The van der Waals surface area contributed by atoms with Crippen LogP contribution >= 0.6 is 0 Å². The number of halogens is 1. The number of nitrogens with one attached hydrogen (secondary N) is 2. The standard InChI is InChI=1S/C14H12FN3O3/c15-11-5-1-2-6-12(11)21-9-13(19)17-18-14(20)10-4-3-7-16-8-10/h1-8H,9H2,(H,17,19)(H,18,20). The minimum absolute atomic E-state index is 0.0359. The summed E-state index contributed by atoms with van der Waals surface area (Å²) in [6.45, 7) is -0.422. The minimum Gasteiger partial charge on any atom is -0.481 e. The Morgan fingerprint density at radius 1 is 1.14 bits per heavy atom. The lowest BCUT2D eigenvalue weighted by Crippen LogP contribution is -2.43. The van der Waals surface area contributed by atoms with Crippen LogP contribution in [0.3, 0.4) is 0 Å². The van der Waals surface area contributed by atoms with E-state index in [1.54, 1.807) is 18.2 Å². The highest BCUT2D eigenvalue weighted by molar-refractivity contribution is 5.95. The van der Waals surface area contributed by atoms with Gasteiger partial charge in [-0.1, -0.05) is 12.1 Å². The Labute approximate surface area is 119 Å². The highest BCUT2D eigenvalue weighted by Crippen LogP contribution is 2.14. The smallest absolute Gasteiger partial charge is 0.276 e. The number of hydrazine groups is 1. The monoisotopic (exact) mass is 289 g/mol. The zero-order valence-electron chi connectivity index (χ0n) is 10.9. The molecule has 2 N–H and O–H groups in total. The third kappa shape index (κ3) is 4.27. The summed E-state index contributed by atoms with van der Waals surface area (Å²) in [5.41, 5.74) is 4.65. The molecule has 2 aromatic rings. The number of hydrogen-bond acceptors (Lipinski definition) is 4. The number of hydrogen-bond donors (Lipinski definition) is 2. The van der Waals surface area contributed by atoms with E-state index >= 15 is 0 Å². The number of para-hydroxylation sites is 1. The molecule has 0 bridgehead atoms. The summed E-state index contributed by atoms with van der Waals surface area (Å²) in [5, 5.41) is 0. The third-order valence-electron chi connectivity index (χ3n) is 2.43. The Bertz CT molecular complexity index is 634. The van der Waals surface area contributed by atoms with Gasteiger partial charge in [0.05, 0.1) is 5.56 Å². The molecule has 0 spiro atoms. The highest BCUT2D eigenvalue weighted by Gasteiger charge is 2.09. The van der Waals surface area contributed by atoms with Crippen molar-refractivity contribution in [3.8, 4) is 5.75 Å². The second-order valence-electron chi connectivity index (χ2n) is 3.96. The van der Waals surface area contributed by atoms with E-state index in [-0.39, 0.29) is 5.75 Å². The fourth-order valence-electron chi connectivity index (χ4n) is 1.44. The summed E-state index contributed by atoms with van der Waals surface area (Å²) < 4.78 is 18.2. The zero-order chi connectivity index (χ0) is 15.1. The van der Waals surface area contributed by atoms with Crippen LogP contribution in [0.15, 0.2) is 48.8 Å². The lowest BCUT2D eigenvalue weighted by Gasteiger charge is -2.09. The van der Waals surface area contributed by atoms with E-state index in [4.69, 9.17) is 4.74 Å². The fourth-order valence-corrected chi connectivity index (χ4v) is 1.44. The Morgan fingerprint density at radius 3 is 2.67 bits per heavy atom. The molecular weight excluding hydrogens is 277 g/mol. The average Bonchev–Trinajstić information content (AvgIpc) is 2.52. The number of rotatable bonds is 4. The summed E-state index contributed by atoms with van der Waals surface area (Å²) in [5.74, 6) is -1.73. The Morgan fingerprint density at radius 2 is 1.95 bits per heavy atom. The quantitative estimate of drug-likeness (QED) is 0.825. The maximum absolute atomic E-state index is 13.2. The molecule has 2 rings (SSSR count). The number of benzene rings is 1.